The first kappa shape index (κ1) is 12.2. The highest BCUT2D eigenvalue weighted by molar-refractivity contribution is 5.81. The zero-order valence-electron chi connectivity index (χ0n) is 8.80. The van der Waals surface area contributed by atoms with Gasteiger partial charge < -0.3 is 14.9 Å². The third-order valence-electron chi connectivity index (χ3n) is 2.24. The number of carbonyl (C=O) groups is 1. The van der Waals surface area contributed by atoms with E-state index in [9.17, 15) is 15.0 Å². The lowest BCUT2D eigenvalue weighted by atomic mass is 10.3. The third-order valence-corrected chi connectivity index (χ3v) is 2.24. The minimum absolute atomic E-state index is 0.363. The first-order valence-corrected chi connectivity index (χ1v) is 5.05. The monoisotopic (exact) mass is 215 g/mol. The molecule has 5 nitrogen and oxygen atoms in total. The number of likely N-dealkylation sites (tertiary alicyclic amines) is 1. The number of hydrogen-bond acceptors (Lipinski definition) is 5. The summed E-state index contributed by atoms with van der Waals surface area (Å²) in [5, 5.41) is 18.5. The lowest BCUT2D eigenvalue weighted by Gasteiger charge is -2.10. The lowest BCUT2D eigenvalue weighted by Crippen LogP contribution is -2.22. The van der Waals surface area contributed by atoms with Gasteiger partial charge >= 0.3 is 5.97 Å². The van der Waals surface area contributed by atoms with E-state index < -0.39 is 12.2 Å². The van der Waals surface area contributed by atoms with Gasteiger partial charge in [-0.2, -0.15) is 0 Å². The fraction of sp³-hybridized carbons (Fsp3) is 0.700. The predicted molar refractivity (Wildman–Crippen MR) is 54.2 cm³/mol. The molecule has 0 aromatic heterocycles. The van der Waals surface area contributed by atoms with E-state index in [2.05, 4.69) is 0 Å². The molecular weight excluding hydrogens is 198 g/mol. The van der Waals surface area contributed by atoms with Crippen LogP contribution in [0.2, 0.25) is 0 Å². The van der Waals surface area contributed by atoms with Crippen molar-refractivity contribution in [2.45, 2.75) is 19.1 Å². The first-order valence-electron chi connectivity index (χ1n) is 5.05. The normalized spacial score (nSPS) is 27.4. The second kappa shape index (κ2) is 5.85. The third kappa shape index (κ3) is 3.99. The zero-order valence-corrected chi connectivity index (χ0v) is 8.80. The van der Waals surface area contributed by atoms with Crippen LogP contribution in [-0.4, -0.2) is 59.5 Å². The number of esters is 1. The summed E-state index contributed by atoms with van der Waals surface area (Å²) in [5.74, 6) is -0.363. The SMILES string of the molecule is CCOC(=O)/C=C/CN1CC(O)C(O)C1. The number of aliphatic hydroxyl groups excluding tert-OH is 2. The van der Waals surface area contributed by atoms with Crippen LogP contribution in [-0.2, 0) is 9.53 Å². The molecule has 1 rings (SSSR count). The van der Waals surface area contributed by atoms with Crippen LogP contribution in [0.4, 0.5) is 0 Å². The van der Waals surface area contributed by atoms with E-state index in [1.165, 1.54) is 6.08 Å². The molecule has 0 spiro atoms. The summed E-state index contributed by atoms with van der Waals surface area (Å²) in [6.07, 6.45) is 1.67. The van der Waals surface area contributed by atoms with Crippen LogP contribution in [0, 0.1) is 0 Å². The van der Waals surface area contributed by atoms with Crippen molar-refractivity contribution in [1.29, 1.82) is 0 Å². The fourth-order valence-electron chi connectivity index (χ4n) is 1.48. The largest absolute Gasteiger partial charge is 0.463 e. The molecule has 0 aromatic rings. The van der Waals surface area contributed by atoms with E-state index in [4.69, 9.17) is 4.74 Å². The number of rotatable bonds is 4. The van der Waals surface area contributed by atoms with Gasteiger partial charge in [-0.25, -0.2) is 4.79 Å². The Hall–Kier alpha value is -0.910. The van der Waals surface area contributed by atoms with Crippen molar-refractivity contribution in [1.82, 2.24) is 4.90 Å². The van der Waals surface area contributed by atoms with Crippen LogP contribution >= 0.6 is 0 Å². The molecule has 5 heteroatoms. The Morgan fingerprint density at radius 1 is 1.47 bits per heavy atom. The number of hydrogen-bond donors (Lipinski definition) is 2. The van der Waals surface area contributed by atoms with Crippen molar-refractivity contribution < 1.29 is 19.7 Å². The van der Waals surface area contributed by atoms with Gasteiger partial charge in [0.25, 0.3) is 0 Å². The Bertz CT molecular complexity index is 232. The van der Waals surface area contributed by atoms with Crippen LogP contribution in [0.5, 0.6) is 0 Å². The van der Waals surface area contributed by atoms with E-state index in [0.717, 1.165) is 0 Å². The summed E-state index contributed by atoms with van der Waals surface area (Å²) in [4.78, 5) is 12.8. The second-order valence-electron chi connectivity index (χ2n) is 3.51. The maximum absolute atomic E-state index is 10.9. The van der Waals surface area contributed by atoms with Crippen LogP contribution in [0.1, 0.15) is 6.92 Å². The molecule has 1 aliphatic heterocycles. The standard InChI is InChI=1S/C10H17NO4/c1-2-15-10(14)4-3-5-11-6-8(12)9(13)7-11/h3-4,8-9,12-13H,2,5-7H2,1H3/b4-3+. The molecule has 1 heterocycles. The highest BCUT2D eigenvalue weighted by atomic mass is 16.5. The van der Waals surface area contributed by atoms with Gasteiger partial charge in [0.2, 0.25) is 0 Å². The molecule has 2 N–H and O–H groups in total. The predicted octanol–water partition coefficient (Wildman–Crippen LogP) is -0.857. The topological polar surface area (TPSA) is 70.0 Å². The van der Waals surface area contributed by atoms with Crippen LogP contribution in [0.25, 0.3) is 0 Å². The van der Waals surface area contributed by atoms with Gasteiger partial charge in [0.05, 0.1) is 18.8 Å². The Labute approximate surface area is 89.0 Å². The van der Waals surface area contributed by atoms with Crippen molar-refractivity contribution in [3.8, 4) is 0 Å². The molecule has 1 saturated heterocycles. The Kier molecular flexibility index (Phi) is 4.74. The molecule has 2 atom stereocenters. The summed E-state index contributed by atoms with van der Waals surface area (Å²) in [6, 6.07) is 0. The minimum Gasteiger partial charge on any atom is -0.463 e. The Balaban J connectivity index is 2.23. The molecule has 0 saturated carbocycles. The van der Waals surface area contributed by atoms with Crippen LogP contribution in [0.15, 0.2) is 12.2 Å². The minimum atomic E-state index is -0.680. The molecule has 0 bridgehead atoms. The summed E-state index contributed by atoms with van der Waals surface area (Å²) in [6.45, 7) is 3.53. The van der Waals surface area contributed by atoms with E-state index in [-0.39, 0.29) is 5.97 Å². The number of carbonyl (C=O) groups excluding carboxylic acids is 1. The van der Waals surface area contributed by atoms with Gasteiger partial charge in [0.1, 0.15) is 0 Å². The van der Waals surface area contributed by atoms with Gasteiger partial charge in [-0.1, -0.05) is 6.08 Å². The van der Waals surface area contributed by atoms with E-state index in [0.29, 0.717) is 26.2 Å². The fourth-order valence-corrected chi connectivity index (χ4v) is 1.48. The maximum Gasteiger partial charge on any atom is 0.330 e. The molecule has 15 heavy (non-hydrogen) atoms. The number of aliphatic hydroxyl groups is 2. The molecule has 86 valence electrons. The molecule has 0 amide bonds. The van der Waals surface area contributed by atoms with Crippen molar-refractivity contribution in [3.05, 3.63) is 12.2 Å². The van der Waals surface area contributed by atoms with E-state index in [1.54, 1.807) is 13.0 Å². The smallest absolute Gasteiger partial charge is 0.330 e. The molecule has 1 fully saturated rings. The Morgan fingerprint density at radius 3 is 2.60 bits per heavy atom. The van der Waals surface area contributed by atoms with Crippen LogP contribution < -0.4 is 0 Å². The summed E-state index contributed by atoms with van der Waals surface area (Å²) < 4.78 is 4.71. The van der Waals surface area contributed by atoms with Gasteiger partial charge in [-0.05, 0) is 6.92 Å². The summed E-state index contributed by atoms with van der Waals surface area (Å²) >= 11 is 0. The highest BCUT2D eigenvalue weighted by Crippen LogP contribution is 2.09. The summed E-state index contributed by atoms with van der Waals surface area (Å²) in [5.41, 5.74) is 0. The highest BCUT2D eigenvalue weighted by Gasteiger charge is 2.28. The zero-order chi connectivity index (χ0) is 11.3. The molecule has 1 aliphatic rings. The van der Waals surface area contributed by atoms with Crippen LogP contribution in [0.3, 0.4) is 0 Å². The summed E-state index contributed by atoms with van der Waals surface area (Å²) in [7, 11) is 0. The lowest BCUT2D eigenvalue weighted by molar-refractivity contribution is -0.137. The quantitative estimate of drug-likeness (QED) is 0.472. The number of β-amino-alcohol motifs (C(OH)–C–C–N with tert-alkyl or cyclic N) is 2. The van der Waals surface area contributed by atoms with E-state index in [1.807, 2.05) is 4.90 Å². The molecule has 2 unspecified atom stereocenters. The number of nitrogens with zero attached hydrogens (tertiary/aromatic N) is 1. The first-order chi connectivity index (χ1) is 7.13. The van der Waals surface area contributed by atoms with Gasteiger partial charge in [-0.15, -0.1) is 0 Å². The average Bonchev–Trinajstić information content (AvgIpc) is 2.46. The van der Waals surface area contributed by atoms with Gasteiger partial charge in [0.15, 0.2) is 0 Å². The van der Waals surface area contributed by atoms with Gasteiger partial charge in [-0.3, -0.25) is 4.90 Å². The molecule has 0 aromatic carbocycles. The Morgan fingerprint density at radius 2 is 2.07 bits per heavy atom. The van der Waals surface area contributed by atoms with Crippen molar-refractivity contribution in [2.24, 2.45) is 0 Å². The second-order valence-corrected chi connectivity index (χ2v) is 3.51. The van der Waals surface area contributed by atoms with Crippen molar-refractivity contribution >= 4 is 5.97 Å². The number of ether oxygens (including phenoxy) is 1. The molecular formula is C10H17NO4. The van der Waals surface area contributed by atoms with Crippen molar-refractivity contribution in [3.63, 3.8) is 0 Å². The van der Waals surface area contributed by atoms with Crippen molar-refractivity contribution in [2.75, 3.05) is 26.2 Å². The molecule has 0 aliphatic carbocycles. The molecule has 0 radical (unpaired) electrons. The van der Waals surface area contributed by atoms with Gasteiger partial charge in [0, 0.05) is 25.7 Å². The van der Waals surface area contributed by atoms with E-state index >= 15 is 0 Å². The average molecular weight is 215 g/mol. The maximum atomic E-state index is 10.9.